The first-order valence-electron chi connectivity index (χ1n) is 10.8. The van der Waals surface area contributed by atoms with Crippen molar-refractivity contribution >= 4 is 27.4 Å². The lowest BCUT2D eigenvalue weighted by molar-refractivity contribution is -0.364. The van der Waals surface area contributed by atoms with E-state index in [2.05, 4.69) is 9.88 Å². The minimum Gasteiger partial charge on any atom is -0.331 e. The number of rotatable bonds is 4. The molecule has 0 aliphatic carbocycles. The summed E-state index contributed by atoms with van der Waals surface area (Å²) in [4.78, 5) is 20.5. The van der Waals surface area contributed by atoms with Gasteiger partial charge in [0.1, 0.15) is 13.1 Å². The summed E-state index contributed by atoms with van der Waals surface area (Å²) in [5, 5.41) is 0. The Morgan fingerprint density at radius 3 is 2.41 bits per heavy atom. The highest BCUT2D eigenvalue weighted by Gasteiger charge is 2.32. The van der Waals surface area contributed by atoms with E-state index in [-0.39, 0.29) is 10.8 Å². The van der Waals surface area contributed by atoms with Crippen LogP contribution in [-0.4, -0.2) is 51.9 Å². The summed E-state index contributed by atoms with van der Waals surface area (Å²) in [7, 11) is -3.73. The molecule has 1 N–H and O–H groups in total. The van der Waals surface area contributed by atoms with Crippen molar-refractivity contribution in [3.8, 4) is 0 Å². The number of para-hydroxylation sites is 1. The van der Waals surface area contributed by atoms with E-state index in [1.165, 1.54) is 10.4 Å². The largest absolute Gasteiger partial charge is 0.331 e. The van der Waals surface area contributed by atoms with Crippen LogP contribution in [0.15, 0.2) is 77.8 Å². The molecule has 0 bridgehead atoms. The molecular formula is C24H25N4O3S+. The Hall–Kier alpha value is -3.39. The van der Waals surface area contributed by atoms with Gasteiger partial charge in [0.05, 0.1) is 29.9 Å². The summed E-state index contributed by atoms with van der Waals surface area (Å²) >= 11 is 0. The lowest BCUT2D eigenvalue weighted by atomic mass is 10.2. The van der Waals surface area contributed by atoms with E-state index in [0.717, 1.165) is 30.2 Å². The number of hydrogen-bond acceptors (Lipinski definition) is 4. The number of amides is 1. The van der Waals surface area contributed by atoms with E-state index in [9.17, 15) is 13.2 Å². The monoisotopic (exact) mass is 449 g/mol. The van der Waals surface area contributed by atoms with Crippen molar-refractivity contribution in [2.75, 3.05) is 41.9 Å². The van der Waals surface area contributed by atoms with Gasteiger partial charge < -0.3 is 4.90 Å². The Kier molecular flexibility index (Phi) is 5.30. The third-order valence-electron chi connectivity index (χ3n) is 6.11. The number of fused-ring (bicyclic) bond motifs is 1. The average Bonchev–Trinajstić information content (AvgIpc) is 3.29. The molecule has 1 aromatic heterocycles. The van der Waals surface area contributed by atoms with Crippen LogP contribution in [0.5, 0.6) is 0 Å². The topological polar surface area (TPSA) is 75.1 Å². The molecule has 0 radical (unpaired) electrons. The van der Waals surface area contributed by atoms with Crippen molar-refractivity contribution in [3.05, 3.63) is 84.1 Å². The Morgan fingerprint density at radius 1 is 0.844 bits per heavy atom. The van der Waals surface area contributed by atoms with E-state index in [1.807, 2.05) is 48.7 Å². The number of carbonyl (C=O) groups excluding carboxylic acids is 1. The van der Waals surface area contributed by atoms with Crippen LogP contribution in [0.25, 0.3) is 0 Å². The molecule has 1 fully saturated rings. The van der Waals surface area contributed by atoms with Gasteiger partial charge in [0.2, 0.25) is 0 Å². The summed E-state index contributed by atoms with van der Waals surface area (Å²) in [6.07, 6.45) is 2.58. The first-order chi connectivity index (χ1) is 15.5. The fraction of sp³-hybridized carbons (Fsp3) is 0.250. The van der Waals surface area contributed by atoms with Crippen LogP contribution in [0.4, 0.5) is 11.5 Å². The van der Waals surface area contributed by atoms with E-state index in [0.29, 0.717) is 31.6 Å². The second kappa shape index (κ2) is 8.27. The molecule has 0 unspecified atom stereocenters. The molecule has 1 saturated heterocycles. The fourth-order valence-electron chi connectivity index (χ4n) is 4.39. The molecule has 3 heterocycles. The number of hydrogen-bond donors (Lipinski definition) is 0. The van der Waals surface area contributed by atoms with Gasteiger partial charge in [-0.05, 0) is 42.3 Å². The number of nitrogens with one attached hydrogen (secondary N) is 1. The number of nitrogens with zero attached hydrogens (tertiary/aromatic N) is 3. The number of pyridine rings is 1. The second-order valence-corrected chi connectivity index (χ2v) is 9.87. The summed E-state index contributed by atoms with van der Waals surface area (Å²) in [5.41, 5.74) is 2.15. The zero-order chi connectivity index (χ0) is 22.1. The third-order valence-corrected chi connectivity index (χ3v) is 7.92. The number of aromatic nitrogens is 1. The number of benzene rings is 2. The first kappa shape index (κ1) is 20.5. The van der Waals surface area contributed by atoms with Gasteiger partial charge >= 0.3 is 0 Å². The van der Waals surface area contributed by atoms with Crippen molar-refractivity contribution in [1.29, 1.82) is 0 Å². The predicted molar refractivity (Wildman–Crippen MR) is 122 cm³/mol. The van der Waals surface area contributed by atoms with E-state index >= 15 is 0 Å². The minimum absolute atomic E-state index is 0.138. The molecule has 2 aromatic carbocycles. The Bertz CT molecular complexity index is 1240. The molecule has 0 saturated carbocycles. The number of anilines is 2. The molecule has 5 rings (SSSR count). The molecule has 164 valence electrons. The highest BCUT2D eigenvalue weighted by Crippen LogP contribution is 2.32. The standard InChI is InChI=1S/C24H24N4O3S/c29-24(27-16-14-26(15-17-27)23-10-3-4-12-25-23)20-7-5-8-21(18-20)32(30,31)28-13-11-19-6-1-2-9-22(19)28/h1-10,12,18H,11,13-17H2/p+1. The second-order valence-electron chi connectivity index (χ2n) is 8.01. The van der Waals surface area contributed by atoms with Crippen LogP contribution in [0.1, 0.15) is 15.9 Å². The van der Waals surface area contributed by atoms with Crippen LogP contribution in [-0.2, 0) is 16.4 Å². The molecule has 8 heteroatoms. The van der Waals surface area contributed by atoms with Gasteiger partial charge in [0.15, 0.2) is 0 Å². The number of carbonyl (C=O) groups is 1. The molecule has 1 amide bonds. The van der Waals surface area contributed by atoms with Gasteiger partial charge in [-0.1, -0.05) is 30.3 Å². The fourth-order valence-corrected chi connectivity index (χ4v) is 5.94. The first-order valence-corrected chi connectivity index (χ1v) is 12.2. The van der Waals surface area contributed by atoms with Gasteiger partial charge in [0.25, 0.3) is 21.7 Å². The maximum absolute atomic E-state index is 13.3. The molecule has 2 aliphatic heterocycles. The molecule has 7 nitrogen and oxygen atoms in total. The van der Waals surface area contributed by atoms with E-state index in [1.54, 1.807) is 23.1 Å². The Morgan fingerprint density at radius 2 is 1.62 bits per heavy atom. The van der Waals surface area contributed by atoms with Crippen LogP contribution in [0.3, 0.4) is 0 Å². The normalized spacial score (nSPS) is 16.2. The van der Waals surface area contributed by atoms with Crippen LogP contribution < -0.4 is 14.2 Å². The molecular weight excluding hydrogens is 424 g/mol. The summed E-state index contributed by atoms with van der Waals surface area (Å²) in [5.74, 6) is 0.888. The lowest BCUT2D eigenvalue weighted by Gasteiger charge is -2.31. The maximum Gasteiger partial charge on any atom is 0.274 e. The molecule has 0 atom stereocenters. The molecule has 3 aromatic rings. The van der Waals surface area contributed by atoms with E-state index < -0.39 is 10.0 Å². The van der Waals surface area contributed by atoms with Gasteiger partial charge in [0, 0.05) is 18.2 Å². The summed E-state index contributed by atoms with van der Waals surface area (Å²) in [6.45, 7) is 3.01. The van der Waals surface area contributed by atoms with Crippen molar-refractivity contribution in [2.24, 2.45) is 0 Å². The number of sulfonamides is 1. The highest BCUT2D eigenvalue weighted by atomic mass is 32.2. The van der Waals surface area contributed by atoms with E-state index in [4.69, 9.17) is 0 Å². The smallest absolute Gasteiger partial charge is 0.274 e. The van der Waals surface area contributed by atoms with Gasteiger partial charge in [-0.15, -0.1) is 0 Å². The number of piperazine rings is 1. The Labute approximate surface area is 188 Å². The third kappa shape index (κ3) is 3.71. The average molecular weight is 450 g/mol. The van der Waals surface area contributed by atoms with Gasteiger partial charge in [-0.25, -0.2) is 13.4 Å². The minimum atomic E-state index is -3.73. The number of aromatic amines is 1. The van der Waals surface area contributed by atoms with Crippen molar-refractivity contribution in [2.45, 2.75) is 11.3 Å². The summed E-state index contributed by atoms with van der Waals surface area (Å²) in [6, 6.07) is 19.9. The zero-order valence-corrected chi connectivity index (χ0v) is 18.5. The molecule has 0 spiro atoms. The van der Waals surface area contributed by atoms with Crippen LogP contribution in [0, 0.1) is 0 Å². The molecule has 2 aliphatic rings. The zero-order valence-electron chi connectivity index (χ0n) is 17.6. The van der Waals surface area contributed by atoms with Crippen molar-refractivity contribution in [3.63, 3.8) is 0 Å². The summed E-state index contributed by atoms with van der Waals surface area (Å²) < 4.78 is 28.1. The van der Waals surface area contributed by atoms with Crippen LogP contribution in [0.2, 0.25) is 0 Å². The van der Waals surface area contributed by atoms with Crippen molar-refractivity contribution in [1.82, 2.24) is 4.90 Å². The predicted octanol–water partition coefficient (Wildman–Crippen LogP) is 2.21. The Balaban J connectivity index is 1.33. The SMILES string of the molecule is O=C(c1cccc(S(=O)(=O)N2CCc3ccccc32)c1)N1CCN(c2cccc[nH+]2)CC1. The molecule has 32 heavy (non-hydrogen) atoms. The number of H-pyrrole nitrogens is 1. The lowest BCUT2D eigenvalue weighted by Crippen LogP contribution is -2.50. The highest BCUT2D eigenvalue weighted by molar-refractivity contribution is 7.92. The maximum atomic E-state index is 13.3. The van der Waals surface area contributed by atoms with Gasteiger partial charge in [-0.3, -0.25) is 14.0 Å². The quantitative estimate of drug-likeness (QED) is 0.612. The van der Waals surface area contributed by atoms with Crippen LogP contribution >= 0.6 is 0 Å². The van der Waals surface area contributed by atoms with Crippen molar-refractivity contribution < 1.29 is 18.2 Å². The van der Waals surface area contributed by atoms with Gasteiger partial charge in [-0.2, -0.15) is 0 Å².